The summed E-state index contributed by atoms with van der Waals surface area (Å²) in [6.45, 7) is 4.36. The number of hydrogen-bond donors (Lipinski definition) is 0. The SMILES string of the molecule is CC=CCCCCCCCCCC=CCCCC. The fraction of sp³-hybridized carbons (Fsp3) is 0.778. The molecule has 0 aliphatic carbocycles. The first-order valence-corrected chi connectivity index (χ1v) is 8.18. The molecular weight excluding hydrogens is 216 g/mol. The Labute approximate surface area is 116 Å². The van der Waals surface area contributed by atoms with Gasteiger partial charge < -0.3 is 0 Å². The van der Waals surface area contributed by atoms with E-state index in [2.05, 4.69) is 38.2 Å². The molecule has 0 heteroatoms. The highest BCUT2D eigenvalue weighted by Crippen LogP contribution is 2.10. The van der Waals surface area contributed by atoms with E-state index in [0.717, 1.165) is 0 Å². The molecule has 0 aromatic carbocycles. The molecule has 0 rings (SSSR count). The van der Waals surface area contributed by atoms with E-state index in [4.69, 9.17) is 0 Å². The minimum absolute atomic E-state index is 1.28. The van der Waals surface area contributed by atoms with Gasteiger partial charge in [-0.2, -0.15) is 0 Å². The van der Waals surface area contributed by atoms with E-state index in [1.165, 1.54) is 77.0 Å². The van der Waals surface area contributed by atoms with E-state index in [1.54, 1.807) is 0 Å². The third-order valence-corrected chi connectivity index (χ3v) is 3.37. The minimum Gasteiger partial charge on any atom is -0.0917 e. The van der Waals surface area contributed by atoms with Gasteiger partial charge in [0, 0.05) is 0 Å². The van der Waals surface area contributed by atoms with Crippen LogP contribution in [0.4, 0.5) is 0 Å². The Morgan fingerprint density at radius 2 is 1.00 bits per heavy atom. The summed E-state index contributed by atoms with van der Waals surface area (Å²) in [5.41, 5.74) is 0. The van der Waals surface area contributed by atoms with E-state index in [0.29, 0.717) is 0 Å². The van der Waals surface area contributed by atoms with Crippen LogP contribution in [-0.2, 0) is 0 Å². The molecule has 0 N–H and O–H groups in total. The first-order valence-electron chi connectivity index (χ1n) is 8.18. The minimum atomic E-state index is 1.28. The Hall–Kier alpha value is -0.520. The van der Waals surface area contributed by atoms with Crippen molar-refractivity contribution in [1.82, 2.24) is 0 Å². The summed E-state index contributed by atoms with van der Waals surface area (Å²) in [6, 6.07) is 0. The highest BCUT2D eigenvalue weighted by molar-refractivity contribution is 4.81. The second-order valence-corrected chi connectivity index (χ2v) is 5.23. The van der Waals surface area contributed by atoms with Gasteiger partial charge in [-0.15, -0.1) is 0 Å². The molecule has 0 heterocycles. The summed E-state index contributed by atoms with van der Waals surface area (Å²) in [4.78, 5) is 0. The van der Waals surface area contributed by atoms with Gasteiger partial charge in [-0.25, -0.2) is 0 Å². The lowest BCUT2D eigenvalue weighted by Crippen LogP contribution is -1.80. The van der Waals surface area contributed by atoms with Crippen LogP contribution in [0.5, 0.6) is 0 Å². The van der Waals surface area contributed by atoms with E-state index in [9.17, 15) is 0 Å². The molecule has 0 aromatic rings. The van der Waals surface area contributed by atoms with Crippen LogP contribution in [0.3, 0.4) is 0 Å². The lowest BCUT2D eigenvalue weighted by molar-refractivity contribution is 0.583. The molecule has 0 atom stereocenters. The average molecular weight is 250 g/mol. The molecule has 0 radical (unpaired) electrons. The molecule has 0 fully saturated rings. The second kappa shape index (κ2) is 16.5. The van der Waals surface area contributed by atoms with Crippen LogP contribution in [0.15, 0.2) is 24.3 Å². The molecular formula is C18H34. The van der Waals surface area contributed by atoms with Crippen molar-refractivity contribution in [1.29, 1.82) is 0 Å². The van der Waals surface area contributed by atoms with Gasteiger partial charge in [-0.3, -0.25) is 0 Å². The van der Waals surface area contributed by atoms with Crippen LogP contribution in [0.25, 0.3) is 0 Å². The summed E-state index contributed by atoms with van der Waals surface area (Å²) >= 11 is 0. The first kappa shape index (κ1) is 17.5. The zero-order chi connectivity index (χ0) is 13.3. The van der Waals surface area contributed by atoms with Gasteiger partial charge >= 0.3 is 0 Å². The van der Waals surface area contributed by atoms with E-state index < -0.39 is 0 Å². The van der Waals surface area contributed by atoms with Gasteiger partial charge in [0.15, 0.2) is 0 Å². The van der Waals surface area contributed by atoms with Crippen molar-refractivity contribution >= 4 is 0 Å². The van der Waals surface area contributed by atoms with Crippen LogP contribution < -0.4 is 0 Å². The lowest BCUT2D eigenvalue weighted by Gasteiger charge is -2.00. The molecule has 0 aliphatic rings. The number of hydrogen-bond acceptors (Lipinski definition) is 0. The zero-order valence-corrected chi connectivity index (χ0v) is 12.8. The van der Waals surface area contributed by atoms with Gasteiger partial charge in [0.2, 0.25) is 0 Å². The highest BCUT2D eigenvalue weighted by Gasteiger charge is 1.90. The fourth-order valence-corrected chi connectivity index (χ4v) is 2.13. The van der Waals surface area contributed by atoms with Crippen molar-refractivity contribution in [3.8, 4) is 0 Å². The fourth-order valence-electron chi connectivity index (χ4n) is 2.13. The highest BCUT2D eigenvalue weighted by atomic mass is 14.0. The van der Waals surface area contributed by atoms with Crippen LogP contribution in [0.1, 0.15) is 90.9 Å². The largest absolute Gasteiger partial charge is 0.0917 e. The van der Waals surface area contributed by atoms with Crippen molar-refractivity contribution in [2.24, 2.45) is 0 Å². The Morgan fingerprint density at radius 1 is 0.556 bits per heavy atom. The maximum atomic E-state index is 2.38. The van der Waals surface area contributed by atoms with Crippen molar-refractivity contribution in [2.75, 3.05) is 0 Å². The number of allylic oxidation sites excluding steroid dienone is 4. The van der Waals surface area contributed by atoms with E-state index in [-0.39, 0.29) is 0 Å². The zero-order valence-electron chi connectivity index (χ0n) is 12.8. The Balaban J connectivity index is 3.00. The number of unbranched alkanes of at least 4 members (excludes halogenated alkanes) is 10. The Morgan fingerprint density at radius 3 is 1.50 bits per heavy atom. The van der Waals surface area contributed by atoms with Crippen LogP contribution in [0, 0.1) is 0 Å². The molecule has 0 aromatic heterocycles. The smallest absolute Gasteiger partial charge is 0.0351 e. The number of rotatable bonds is 13. The van der Waals surface area contributed by atoms with Crippen LogP contribution in [-0.4, -0.2) is 0 Å². The molecule has 18 heavy (non-hydrogen) atoms. The third-order valence-electron chi connectivity index (χ3n) is 3.37. The monoisotopic (exact) mass is 250 g/mol. The maximum absolute atomic E-state index is 2.38. The van der Waals surface area contributed by atoms with Crippen molar-refractivity contribution in [2.45, 2.75) is 90.9 Å². The van der Waals surface area contributed by atoms with E-state index >= 15 is 0 Å². The Bertz CT molecular complexity index is 188. The summed E-state index contributed by atoms with van der Waals surface area (Å²) in [5.74, 6) is 0. The predicted octanol–water partition coefficient (Wildman–Crippen LogP) is 6.82. The van der Waals surface area contributed by atoms with Gasteiger partial charge in [0.25, 0.3) is 0 Å². The van der Waals surface area contributed by atoms with Gasteiger partial charge in [0.05, 0.1) is 0 Å². The first-order chi connectivity index (χ1) is 8.91. The second-order valence-electron chi connectivity index (χ2n) is 5.23. The Kier molecular flexibility index (Phi) is 16.0. The van der Waals surface area contributed by atoms with Gasteiger partial charge in [-0.1, -0.05) is 76.2 Å². The molecule has 106 valence electrons. The predicted molar refractivity (Wildman–Crippen MR) is 85.0 cm³/mol. The van der Waals surface area contributed by atoms with Gasteiger partial charge in [-0.05, 0) is 39.0 Å². The molecule has 0 saturated heterocycles. The third kappa shape index (κ3) is 15.5. The molecule has 0 amide bonds. The normalized spacial score (nSPS) is 11.9. The molecule has 0 spiro atoms. The van der Waals surface area contributed by atoms with Gasteiger partial charge in [0.1, 0.15) is 0 Å². The molecule has 0 aliphatic heterocycles. The summed E-state index contributed by atoms with van der Waals surface area (Å²) in [5, 5.41) is 0. The topological polar surface area (TPSA) is 0 Å². The molecule has 0 nitrogen and oxygen atoms in total. The quantitative estimate of drug-likeness (QED) is 0.248. The van der Waals surface area contributed by atoms with Crippen molar-refractivity contribution < 1.29 is 0 Å². The standard InChI is InChI=1S/C18H34/c1-3-5-7-9-11-13-15-17-18-16-14-12-10-8-6-4-2/h3,5,10,12H,4,6-9,11,13-18H2,1-2H3. The van der Waals surface area contributed by atoms with Crippen LogP contribution >= 0.6 is 0 Å². The average Bonchev–Trinajstić information content (AvgIpc) is 2.39. The summed E-state index contributed by atoms with van der Waals surface area (Å²) in [6.07, 6.45) is 25.6. The summed E-state index contributed by atoms with van der Waals surface area (Å²) < 4.78 is 0. The molecule has 0 saturated carbocycles. The summed E-state index contributed by atoms with van der Waals surface area (Å²) in [7, 11) is 0. The molecule has 0 unspecified atom stereocenters. The lowest BCUT2D eigenvalue weighted by atomic mass is 10.1. The molecule has 0 bridgehead atoms. The van der Waals surface area contributed by atoms with Crippen LogP contribution in [0.2, 0.25) is 0 Å². The van der Waals surface area contributed by atoms with Crippen molar-refractivity contribution in [3.05, 3.63) is 24.3 Å². The maximum Gasteiger partial charge on any atom is -0.0351 e. The van der Waals surface area contributed by atoms with E-state index in [1.807, 2.05) is 0 Å². The van der Waals surface area contributed by atoms with Crippen molar-refractivity contribution in [3.63, 3.8) is 0 Å².